The zero-order chi connectivity index (χ0) is 22.6. The van der Waals surface area contributed by atoms with Gasteiger partial charge in [-0.1, -0.05) is 25.3 Å². The van der Waals surface area contributed by atoms with Crippen LogP contribution >= 0.6 is 0 Å². The number of carbonyl (C=O) groups excluding carboxylic acids is 1. The number of pyridine rings is 1. The first-order valence-electron chi connectivity index (χ1n) is 10.9. The average Bonchev–Trinajstić information content (AvgIpc) is 3.18. The third-order valence-corrected chi connectivity index (χ3v) is 8.02. The van der Waals surface area contributed by atoms with Crippen molar-refractivity contribution in [3.63, 3.8) is 0 Å². The number of nitrogens with one attached hydrogen (secondary N) is 1. The Kier molecular flexibility index (Phi) is 6.69. The van der Waals surface area contributed by atoms with Crippen LogP contribution in [0.1, 0.15) is 59.5 Å². The van der Waals surface area contributed by atoms with Crippen LogP contribution in [0.25, 0.3) is 11.5 Å². The molecule has 7 nitrogen and oxygen atoms in total. The first-order chi connectivity index (χ1) is 15.4. The van der Waals surface area contributed by atoms with E-state index in [9.17, 15) is 13.2 Å². The third-order valence-electron chi connectivity index (χ3n) is 5.86. The molecule has 0 unspecified atom stereocenters. The number of nitrogens with zero attached hydrogens (tertiary/aromatic N) is 2. The van der Waals surface area contributed by atoms with Gasteiger partial charge in [0.05, 0.1) is 16.7 Å². The van der Waals surface area contributed by atoms with Crippen molar-refractivity contribution in [2.45, 2.75) is 56.6 Å². The second-order valence-corrected chi connectivity index (χ2v) is 10.5. The van der Waals surface area contributed by atoms with Crippen molar-refractivity contribution < 1.29 is 17.6 Å². The van der Waals surface area contributed by atoms with Crippen LogP contribution < -0.4 is 5.32 Å². The highest BCUT2D eigenvalue weighted by Gasteiger charge is 2.29. The zero-order valence-corrected chi connectivity index (χ0v) is 18.9. The smallest absolute Gasteiger partial charge is 0.251 e. The van der Waals surface area contributed by atoms with E-state index in [0.717, 1.165) is 37.7 Å². The van der Waals surface area contributed by atoms with Crippen LogP contribution in [0, 0.1) is 6.92 Å². The van der Waals surface area contributed by atoms with Gasteiger partial charge in [-0.2, -0.15) is 0 Å². The molecule has 2 heterocycles. The number of sulfone groups is 1. The minimum absolute atomic E-state index is 0.0954. The predicted molar refractivity (Wildman–Crippen MR) is 122 cm³/mol. The lowest BCUT2D eigenvalue weighted by Crippen LogP contribution is -2.25. The molecular formula is C24H27N3O4S. The fourth-order valence-electron chi connectivity index (χ4n) is 3.97. The van der Waals surface area contributed by atoms with E-state index in [2.05, 4.69) is 15.3 Å². The molecule has 0 aliphatic heterocycles. The number of oxazole rings is 1. The lowest BCUT2D eigenvalue weighted by Gasteiger charge is -2.21. The van der Waals surface area contributed by atoms with Crippen LogP contribution in [-0.2, 0) is 22.1 Å². The van der Waals surface area contributed by atoms with Gasteiger partial charge < -0.3 is 9.73 Å². The van der Waals surface area contributed by atoms with Gasteiger partial charge in [0.15, 0.2) is 9.84 Å². The minimum Gasteiger partial charge on any atom is -0.441 e. The van der Waals surface area contributed by atoms with E-state index >= 15 is 0 Å². The molecular weight excluding hydrogens is 426 g/mol. The van der Waals surface area contributed by atoms with E-state index in [1.54, 1.807) is 43.6 Å². The summed E-state index contributed by atoms with van der Waals surface area (Å²) in [6, 6.07) is 10.6. The molecule has 3 aromatic rings. The van der Waals surface area contributed by atoms with Crippen LogP contribution in [0.3, 0.4) is 0 Å². The highest BCUT2D eigenvalue weighted by atomic mass is 32.2. The Morgan fingerprint density at radius 2 is 1.88 bits per heavy atom. The van der Waals surface area contributed by atoms with Crippen molar-refractivity contribution in [1.82, 2.24) is 15.3 Å². The maximum absolute atomic E-state index is 12.8. The molecule has 1 aliphatic rings. The van der Waals surface area contributed by atoms with Gasteiger partial charge in [0.1, 0.15) is 5.76 Å². The summed E-state index contributed by atoms with van der Waals surface area (Å²) >= 11 is 0. The lowest BCUT2D eigenvalue weighted by atomic mass is 10.0. The monoisotopic (exact) mass is 453 g/mol. The van der Waals surface area contributed by atoms with Gasteiger partial charge in [0.25, 0.3) is 5.91 Å². The van der Waals surface area contributed by atoms with E-state index in [1.807, 2.05) is 12.1 Å². The summed E-state index contributed by atoms with van der Waals surface area (Å²) < 4.78 is 31.4. The number of aromatic nitrogens is 2. The van der Waals surface area contributed by atoms with Gasteiger partial charge in [0.2, 0.25) is 5.89 Å². The van der Waals surface area contributed by atoms with E-state index in [1.165, 1.54) is 0 Å². The van der Waals surface area contributed by atoms with Crippen molar-refractivity contribution in [2.24, 2.45) is 0 Å². The van der Waals surface area contributed by atoms with Crippen LogP contribution in [0.2, 0.25) is 0 Å². The molecule has 8 heteroatoms. The molecule has 1 fully saturated rings. The van der Waals surface area contributed by atoms with Crippen molar-refractivity contribution in [1.29, 1.82) is 0 Å². The molecule has 1 saturated carbocycles. The molecule has 168 valence electrons. The van der Waals surface area contributed by atoms with E-state index in [-0.39, 0.29) is 16.9 Å². The fraction of sp³-hybridized carbons (Fsp3) is 0.375. The van der Waals surface area contributed by atoms with Gasteiger partial charge in [-0.15, -0.1) is 0 Å². The second kappa shape index (κ2) is 9.65. The molecule has 4 rings (SSSR count). The molecule has 0 radical (unpaired) electrons. The third kappa shape index (κ3) is 5.24. The summed E-state index contributed by atoms with van der Waals surface area (Å²) in [5.74, 6) is 0.585. The Morgan fingerprint density at radius 1 is 1.12 bits per heavy atom. The number of carbonyl (C=O) groups is 1. The van der Waals surface area contributed by atoms with Crippen LogP contribution in [0.15, 0.2) is 53.2 Å². The molecule has 2 aromatic heterocycles. The summed E-state index contributed by atoms with van der Waals surface area (Å²) in [6.45, 7) is 2.13. The maximum Gasteiger partial charge on any atom is 0.251 e. The Labute approximate surface area is 188 Å². The standard InChI is InChI=1S/C24H27N3O4S/c1-17-22(16-32(29,30)21-7-3-2-4-8-21)27-24(31-17)20-11-9-19(10-12-20)23(28)26-15-18-6-5-13-25-14-18/h5-6,9-14,21H,2-4,7-8,15-16H2,1H3,(H,26,28). The van der Waals surface area contributed by atoms with Crippen molar-refractivity contribution in [3.8, 4) is 11.5 Å². The number of rotatable bonds is 7. The van der Waals surface area contributed by atoms with Crippen molar-refractivity contribution in [2.75, 3.05) is 0 Å². The van der Waals surface area contributed by atoms with E-state index in [0.29, 0.717) is 35.0 Å². The quantitative estimate of drug-likeness (QED) is 0.575. The molecule has 32 heavy (non-hydrogen) atoms. The minimum atomic E-state index is -3.25. The molecule has 0 atom stereocenters. The number of hydrogen-bond donors (Lipinski definition) is 1. The van der Waals surface area contributed by atoms with E-state index in [4.69, 9.17) is 4.42 Å². The number of hydrogen-bond acceptors (Lipinski definition) is 6. The summed E-state index contributed by atoms with van der Waals surface area (Å²) in [5.41, 5.74) is 2.59. The van der Waals surface area contributed by atoms with Crippen molar-refractivity contribution >= 4 is 15.7 Å². The molecule has 0 bridgehead atoms. The summed E-state index contributed by atoms with van der Waals surface area (Å²) in [7, 11) is -3.25. The summed E-state index contributed by atoms with van der Waals surface area (Å²) in [4.78, 5) is 20.9. The highest BCUT2D eigenvalue weighted by Crippen LogP contribution is 2.28. The van der Waals surface area contributed by atoms with Crippen LogP contribution in [-0.4, -0.2) is 29.5 Å². The number of benzene rings is 1. The molecule has 0 saturated heterocycles. The molecule has 1 amide bonds. The summed E-state index contributed by atoms with van der Waals surface area (Å²) in [5, 5.41) is 2.58. The average molecular weight is 454 g/mol. The first kappa shape index (κ1) is 22.2. The van der Waals surface area contributed by atoms with E-state index < -0.39 is 9.84 Å². The largest absolute Gasteiger partial charge is 0.441 e. The number of amides is 1. The SMILES string of the molecule is Cc1oc(-c2ccc(C(=O)NCc3cccnc3)cc2)nc1CS(=O)(=O)C1CCCCC1. The lowest BCUT2D eigenvalue weighted by molar-refractivity contribution is 0.0951. The van der Waals surface area contributed by atoms with Gasteiger partial charge in [-0.3, -0.25) is 9.78 Å². The normalized spacial score (nSPS) is 14.9. The molecule has 0 spiro atoms. The van der Waals surface area contributed by atoms with Gasteiger partial charge in [0, 0.05) is 30.1 Å². The van der Waals surface area contributed by atoms with Gasteiger partial charge in [-0.25, -0.2) is 13.4 Å². The van der Waals surface area contributed by atoms with Gasteiger partial charge in [-0.05, 0) is 55.7 Å². The first-order valence-corrected chi connectivity index (χ1v) is 12.6. The second-order valence-electron chi connectivity index (χ2n) is 8.21. The number of aryl methyl sites for hydroxylation is 1. The van der Waals surface area contributed by atoms with Crippen LogP contribution in [0.4, 0.5) is 0 Å². The fourth-order valence-corrected chi connectivity index (χ4v) is 5.91. The maximum atomic E-state index is 12.8. The van der Waals surface area contributed by atoms with Gasteiger partial charge >= 0.3 is 0 Å². The molecule has 1 aromatic carbocycles. The topological polar surface area (TPSA) is 102 Å². The Bertz CT molecular complexity index is 1170. The molecule has 1 N–H and O–H groups in total. The Morgan fingerprint density at radius 3 is 2.56 bits per heavy atom. The predicted octanol–water partition coefficient (Wildman–Crippen LogP) is 4.22. The summed E-state index contributed by atoms with van der Waals surface area (Å²) in [6.07, 6.45) is 7.90. The van der Waals surface area contributed by atoms with Crippen molar-refractivity contribution in [3.05, 3.63) is 71.4 Å². The zero-order valence-electron chi connectivity index (χ0n) is 18.1. The van der Waals surface area contributed by atoms with Crippen LogP contribution in [0.5, 0.6) is 0 Å². The Hall–Kier alpha value is -3.00. The molecule has 1 aliphatic carbocycles. The highest BCUT2D eigenvalue weighted by molar-refractivity contribution is 7.91. The Balaban J connectivity index is 1.42.